The molecule has 0 saturated heterocycles. The molecule has 3 aromatic carbocycles. The number of halogens is 2. The monoisotopic (exact) mass is 577 g/mol. The third-order valence-electron chi connectivity index (χ3n) is 6.18. The van der Waals surface area contributed by atoms with E-state index in [2.05, 4.69) is 15.0 Å². The number of aromatic nitrogens is 1. The second-order valence-corrected chi connectivity index (χ2v) is 10.6. The van der Waals surface area contributed by atoms with Crippen molar-refractivity contribution in [2.75, 3.05) is 17.1 Å². The van der Waals surface area contributed by atoms with Gasteiger partial charge in [0, 0.05) is 18.8 Å². The van der Waals surface area contributed by atoms with Crippen LogP contribution in [-0.2, 0) is 23.1 Å². The molecule has 0 fully saturated rings. The number of carbonyl (C=O) groups excluding carboxylic acids is 1. The summed E-state index contributed by atoms with van der Waals surface area (Å²) in [4.78, 5) is 18.0. The lowest BCUT2D eigenvalue weighted by molar-refractivity contribution is 0.203. The Hall–Kier alpha value is -5.22. The molecule has 2 heterocycles. The van der Waals surface area contributed by atoms with Crippen LogP contribution in [0.3, 0.4) is 0 Å². The molecule has 1 aliphatic rings. The largest absolute Gasteiger partial charge is 0.497 e. The first kappa shape index (κ1) is 27.4. The second-order valence-electron chi connectivity index (χ2n) is 8.88. The van der Waals surface area contributed by atoms with Gasteiger partial charge in [-0.1, -0.05) is 12.1 Å². The molecular weight excluding hydrogens is 556 g/mol. The number of fused-ring (bicyclic) bond motifs is 1. The Morgan fingerprint density at radius 2 is 1.83 bits per heavy atom. The number of benzene rings is 3. The van der Waals surface area contributed by atoms with E-state index < -0.39 is 27.2 Å². The first-order valence-electron chi connectivity index (χ1n) is 12.0. The van der Waals surface area contributed by atoms with Gasteiger partial charge in [-0.05, 0) is 54.1 Å². The summed E-state index contributed by atoms with van der Waals surface area (Å²) in [6, 6.07) is 16.2. The predicted molar refractivity (Wildman–Crippen MR) is 144 cm³/mol. The van der Waals surface area contributed by atoms with Crippen molar-refractivity contribution in [2.45, 2.75) is 18.0 Å². The maximum absolute atomic E-state index is 15.0. The Balaban J connectivity index is 1.34. The van der Waals surface area contributed by atoms with Gasteiger partial charge in [0.2, 0.25) is 0 Å². The van der Waals surface area contributed by atoms with Gasteiger partial charge in [0.1, 0.15) is 29.2 Å². The number of anilines is 2. The molecule has 2 N–H and O–H groups in total. The van der Waals surface area contributed by atoms with E-state index >= 15 is 4.39 Å². The van der Waals surface area contributed by atoms with Crippen LogP contribution in [0.1, 0.15) is 16.7 Å². The van der Waals surface area contributed by atoms with Crippen LogP contribution in [0.4, 0.5) is 25.1 Å². The van der Waals surface area contributed by atoms with Gasteiger partial charge < -0.3 is 14.4 Å². The number of hydrogen-bond acceptors (Lipinski definition) is 7. The van der Waals surface area contributed by atoms with E-state index in [1.165, 1.54) is 24.4 Å². The fourth-order valence-electron chi connectivity index (χ4n) is 4.09. The van der Waals surface area contributed by atoms with E-state index in [-0.39, 0.29) is 47.0 Å². The summed E-state index contributed by atoms with van der Waals surface area (Å²) in [5.41, 5.74) is 0.827. The Morgan fingerprint density at radius 1 is 1.05 bits per heavy atom. The summed E-state index contributed by atoms with van der Waals surface area (Å²) < 4.78 is 67.2. The van der Waals surface area contributed by atoms with Crippen molar-refractivity contribution >= 4 is 27.6 Å². The molecule has 0 unspecified atom stereocenters. The molecule has 0 saturated carbocycles. The van der Waals surface area contributed by atoms with Crippen LogP contribution in [0, 0.1) is 23.0 Å². The van der Waals surface area contributed by atoms with Gasteiger partial charge in [-0.3, -0.25) is 10.0 Å². The number of nitrogens with one attached hydrogen (secondary N) is 2. The quantitative estimate of drug-likeness (QED) is 0.287. The average Bonchev–Trinajstić information content (AvgIpc) is 2.95. The maximum atomic E-state index is 15.0. The topological polar surface area (TPSA) is 134 Å². The molecule has 5 rings (SSSR count). The minimum absolute atomic E-state index is 0.118. The van der Waals surface area contributed by atoms with Crippen molar-refractivity contribution in [3.63, 3.8) is 0 Å². The highest BCUT2D eigenvalue weighted by atomic mass is 32.2. The van der Waals surface area contributed by atoms with Crippen LogP contribution in [0.2, 0.25) is 0 Å². The summed E-state index contributed by atoms with van der Waals surface area (Å²) in [5, 5.41) is 11.7. The van der Waals surface area contributed by atoms with Gasteiger partial charge in [-0.25, -0.2) is 27.0 Å². The molecular formula is C28H21F2N5O5S. The number of methoxy groups -OCH3 is 1. The third kappa shape index (κ3) is 5.87. The molecule has 0 spiro atoms. The number of ether oxygens (including phenoxy) is 2. The third-order valence-corrected chi connectivity index (χ3v) is 7.56. The van der Waals surface area contributed by atoms with E-state index in [1.54, 1.807) is 30.2 Å². The zero-order chi connectivity index (χ0) is 29.1. The van der Waals surface area contributed by atoms with E-state index in [0.29, 0.717) is 11.3 Å². The number of amides is 2. The Bertz CT molecular complexity index is 1790. The smallest absolute Gasteiger partial charge is 0.323 e. The van der Waals surface area contributed by atoms with Crippen LogP contribution in [0.25, 0.3) is 0 Å². The summed E-state index contributed by atoms with van der Waals surface area (Å²) in [6.45, 7) is 0.426. The van der Waals surface area contributed by atoms with Crippen LogP contribution in [0.15, 0.2) is 77.8 Å². The van der Waals surface area contributed by atoms with Crippen LogP contribution >= 0.6 is 0 Å². The normalized spacial score (nSPS) is 12.6. The lowest BCUT2D eigenvalue weighted by Crippen LogP contribution is -2.38. The number of nitriles is 1. The highest BCUT2D eigenvalue weighted by Gasteiger charge is 2.27. The van der Waals surface area contributed by atoms with E-state index in [4.69, 9.17) is 14.7 Å². The van der Waals surface area contributed by atoms with Crippen molar-refractivity contribution in [3.05, 3.63) is 101 Å². The lowest BCUT2D eigenvalue weighted by Gasteiger charge is -2.29. The number of urea groups is 1. The van der Waals surface area contributed by atoms with E-state index in [9.17, 15) is 17.6 Å². The molecule has 0 bridgehead atoms. The molecule has 208 valence electrons. The second kappa shape index (κ2) is 11.1. The Morgan fingerprint density at radius 3 is 2.54 bits per heavy atom. The Kier molecular flexibility index (Phi) is 7.41. The zero-order valence-corrected chi connectivity index (χ0v) is 22.2. The summed E-state index contributed by atoms with van der Waals surface area (Å²) in [7, 11) is -2.68. The van der Waals surface area contributed by atoms with Crippen LogP contribution in [0.5, 0.6) is 17.2 Å². The molecule has 1 aliphatic heterocycles. The van der Waals surface area contributed by atoms with Gasteiger partial charge in [-0.2, -0.15) is 5.26 Å². The van der Waals surface area contributed by atoms with E-state index in [1.807, 2.05) is 12.1 Å². The van der Waals surface area contributed by atoms with Crippen molar-refractivity contribution in [1.82, 2.24) is 9.88 Å². The van der Waals surface area contributed by atoms with Crippen molar-refractivity contribution < 1.29 is 31.5 Å². The molecule has 4 aromatic rings. The van der Waals surface area contributed by atoms with Gasteiger partial charge in [0.25, 0.3) is 10.0 Å². The number of rotatable bonds is 8. The number of hydrogen-bond donors (Lipinski definition) is 2. The number of sulfonamides is 1. The highest BCUT2D eigenvalue weighted by molar-refractivity contribution is 7.92. The molecule has 41 heavy (non-hydrogen) atoms. The minimum atomic E-state index is -4.24. The highest BCUT2D eigenvalue weighted by Crippen LogP contribution is 2.35. The van der Waals surface area contributed by atoms with Gasteiger partial charge in [0.05, 0.1) is 35.4 Å². The van der Waals surface area contributed by atoms with Gasteiger partial charge in [-0.15, -0.1) is 0 Å². The molecule has 0 atom stereocenters. The van der Waals surface area contributed by atoms with Crippen molar-refractivity contribution in [2.24, 2.45) is 0 Å². The Labute approximate surface area is 233 Å². The van der Waals surface area contributed by atoms with Gasteiger partial charge in [0.15, 0.2) is 11.6 Å². The first-order chi connectivity index (χ1) is 19.7. The van der Waals surface area contributed by atoms with Crippen molar-refractivity contribution in [3.8, 4) is 23.3 Å². The maximum Gasteiger partial charge on any atom is 0.323 e. The molecule has 0 radical (unpaired) electrons. The number of carbonyl (C=O) groups is 1. The number of nitrogens with zero attached hydrogens (tertiary/aromatic N) is 3. The predicted octanol–water partition coefficient (Wildman–Crippen LogP) is 5.38. The average molecular weight is 578 g/mol. The fraction of sp³-hybridized carbons (Fsp3) is 0.107. The summed E-state index contributed by atoms with van der Waals surface area (Å²) in [5.74, 6) is -0.722. The molecule has 13 heteroatoms. The standard InChI is InChI=1S/C28H21F2N5O5S/c1-39-20-5-2-17(3-6-20)15-35-16-22-25(10-11-32-27(22)33-28(35)36)40-26-9-4-19(13-24(26)30)34-41(37,38)21-7-8-23(29)18(12-21)14-31/h2-13,34H,15-16H2,1H3,(H,32,33,36). The first-order valence-corrected chi connectivity index (χ1v) is 13.5. The van der Waals surface area contributed by atoms with Crippen LogP contribution < -0.4 is 19.5 Å². The molecule has 0 aliphatic carbocycles. The van der Waals surface area contributed by atoms with Crippen LogP contribution in [-0.4, -0.2) is 31.4 Å². The fourth-order valence-corrected chi connectivity index (χ4v) is 5.17. The summed E-state index contributed by atoms with van der Waals surface area (Å²) >= 11 is 0. The lowest BCUT2D eigenvalue weighted by atomic mass is 10.1. The minimum Gasteiger partial charge on any atom is -0.497 e. The SMILES string of the molecule is COc1ccc(CN2Cc3c(Oc4ccc(NS(=O)(=O)c5ccc(F)c(C#N)c5)cc4F)ccnc3NC2=O)cc1. The molecule has 2 amide bonds. The number of pyridine rings is 1. The molecule has 10 nitrogen and oxygen atoms in total. The van der Waals surface area contributed by atoms with Gasteiger partial charge >= 0.3 is 6.03 Å². The van der Waals surface area contributed by atoms with E-state index in [0.717, 1.165) is 29.8 Å². The molecule has 1 aromatic heterocycles. The summed E-state index contributed by atoms with van der Waals surface area (Å²) in [6.07, 6.45) is 1.41. The zero-order valence-electron chi connectivity index (χ0n) is 21.4. The van der Waals surface area contributed by atoms with Crippen molar-refractivity contribution in [1.29, 1.82) is 5.26 Å².